The summed E-state index contributed by atoms with van der Waals surface area (Å²) in [6.45, 7) is 0.505. The molecule has 1 heterocycles. The number of thioether (sulfide) groups is 1. The SMILES string of the molecule is O=C(CSc1nnc(-c2ccccc2Cl)n1C1CCCC1)NCCc1ccc(F)cc1. The van der Waals surface area contributed by atoms with Crippen LogP contribution in [0.3, 0.4) is 0 Å². The Balaban J connectivity index is 1.40. The van der Waals surface area contributed by atoms with Crippen LogP contribution in [0.1, 0.15) is 37.3 Å². The molecule has 4 rings (SSSR count). The van der Waals surface area contributed by atoms with Crippen molar-refractivity contribution in [3.05, 3.63) is 64.9 Å². The first-order valence-corrected chi connectivity index (χ1v) is 11.8. The molecule has 1 aliphatic carbocycles. The average Bonchev–Trinajstić information content (AvgIpc) is 3.43. The highest BCUT2D eigenvalue weighted by molar-refractivity contribution is 7.99. The van der Waals surface area contributed by atoms with E-state index in [2.05, 4.69) is 20.1 Å². The van der Waals surface area contributed by atoms with Crippen LogP contribution in [-0.2, 0) is 11.2 Å². The lowest BCUT2D eigenvalue weighted by Gasteiger charge is -2.17. The summed E-state index contributed by atoms with van der Waals surface area (Å²) in [5.74, 6) is 0.701. The van der Waals surface area contributed by atoms with Crippen molar-refractivity contribution in [1.82, 2.24) is 20.1 Å². The highest BCUT2D eigenvalue weighted by Gasteiger charge is 2.26. The standard InChI is InChI=1S/C23H24ClFN4OS/c24-20-8-4-3-7-19(20)22-27-28-23(29(22)18-5-1-2-6-18)31-15-21(30)26-14-13-16-9-11-17(25)12-10-16/h3-4,7-12,18H,1-2,5-6,13-15H2,(H,26,30). The minimum atomic E-state index is -0.258. The molecule has 1 fully saturated rings. The fourth-order valence-electron chi connectivity index (χ4n) is 3.87. The molecule has 0 spiro atoms. The predicted molar refractivity (Wildman–Crippen MR) is 122 cm³/mol. The summed E-state index contributed by atoms with van der Waals surface area (Å²) in [6, 6.07) is 14.3. The topological polar surface area (TPSA) is 59.8 Å². The first-order chi connectivity index (χ1) is 15.1. The number of halogens is 2. The molecular weight excluding hydrogens is 435 g/mol. The molecular formula is C23H24ClFN4OS. The number of nitrogens with zero attached hydrogens (tertiary/aromatic N) is 3. The van der Waals surface area contributed by atoms with Gasteiger partial charge in [-0.2, -0.15) is 0 Å². The van der Waals surface area contributed by atoms with Crippen LogP contribution >= 0.6 is 23.4 Å². The van der Waals surface area contributed by atoms with Crippen molar-refractivity contribution >= 4 is 29.3 Å². The van der Waals surface area contributed by atoms with Crippen LogP contribution in [0.5, 0.6) is 0 Å². The average molecular weight is 459 g/mol. The largest absolute Gasteiger partial charge is 0.355 e. The van der Waals surface area contributed by atoms with Gasteiger partial charge in [-0.05, 0) is 49.1 Å². The maximum Gasteiger partial charge on any atom is 0.230 e. The summed E-state index contributed by atoms with van der Waals surface area (Å²) >= 11 is 7.81. The van der Waals surface area contributed by atoms with Crippen molar-refractivity contribution in [1.29, 1.82) is 0 Å². The van der Waals surface area contributed by atoms with Crippen LogP contribution in [0.15, 0.2) is 53.7 Å². The van der Waals surface area contributed by atoms with Gasteiger partial charge in [-0.1, -0.05) is 60.5 Å². The minimum absolute atomic E-state index is 0.0626. The molecule has 0 unspecified atom stereocenters. The molecule has 0 saturated heterocycles. The van der Waals surface area contributed by atoms with Crippen LogP contribution in [-0.4, -0.2) is 33.0 Å². The fraction of sp³-hybridized carbons (Fsp3) is 0.348. The lowest BCUT2D eigenvalue weighted by Crippen LogP contribution is -2.27. The second kappa shape index (κ2) is 10.3. The molecule has 0 bridgehead atoms. The number of nitrogens with one attached hydrogen (secondary N) is 1. The first kappa shape index (κ1) is 21.8. The van der Waals surface area contributed by atoms with E-state index < -0.39 is 0 Å². The Kier molecular flexibility index (Phi) is 7.25. The number of aromatic nitrogens is 3. The van der Waals surface area contributed by atoms with E-state index in [1.54, 1.807) is 12.1 Å². The molecule has 1 aromatic heterocycles. The van der Waals surface area contributed by atoms with Gasteiger partial charge in [-0.15, -0.1) is 10.2 Å². The van der Waals surface area contributed by atoms with Crippen molar-refractivity contribution in [2.75, 3.05) is 12.3 Å². The van der Waals surface area contributed by atoms with Crippen LogP contribution in [0.4, 0.5) is 4.39 Å². The summed E-state index contributed by atoms with van der Waals surface area (Å²) in [7, 11) is 0. The molecule has 1 N–H and O–H groups in total. The van der Waals surface area contributed by atoms with Crippen molar-refractivity contribution in [2.45, 2.75) is 43.3 Å². The van der Waals surface area contributed by atoms with Gasteiger partial charge in [0.1, 0.15) is 5.82 Å². The Bertz CT molecular complexity index is 1030. The number of hydrogen-bond donors (Lipinski definition) is 1. The molecule has 162 valence electrons. The van der Waals surface area contributed by atoms with Crippen molar-refractivity contribution < 1.29 is 9.18 Å². The quantitative estimate of drug-likeness (QED) is 0.465. The van der Waals surface area contributed by atoms with Gasteiger partial charge >= 0.3 is 0 Å². The molecule has 0 atom stereocenters. The molecule has 0 radical (unpaired) electrons. The van der Waals surface area contributed by atoms with E-state index in [1.165, 1.54) is 36.7 Å². The van der Waals surface area contributed by atoms with E-state index in [0.717, 1.165) is 34.9 Å². The van der Waals surface area contributed by atoms with Gasteiger partial charge in [0.2, 0.25) is 5.91 Å². The number of hydrogen-bond acceptors (Lipinski definition) is 4. The number of rotatable bonds is 8. The molecule has 8 heteroatoms. The van der Waals surface area contributed by atoms with Crippen molar-refractivity contribution in [3.63, 3.8) is 0 Å². The van der Waals surface area contributed by atoms with E-state index in [1.807, 2.05) is 24.3 Å². The number of carbonyl (C=O) groups excluding carboxylic acids is 1. The van der Waals surface area contributed by atoms with E-state index in [0.29, 0.717) is 24.0 Å². The predicted octanol–water partition coefficient (Wildman–Crippen LogP) is 5.30. The molecule has 1 saturated carbocycles. The van der Waals surface area contributed by atoms with E-state index >= 15 is 0 Å². The Hall–Kier alpha value is -2.38. The zero-order valence-corrected chi connectivity index (χ0v) is 18.6. The number of amides is 1. The summed E-state index contributed by atoms with van der Waals surface area (Å²) in [6.07, 6.45) is 5.17. The van der Waals surface area contributed by atoms with E-state index in [-0.39, 0.29) is 17.5 Å². The third-order valence-electron chi connectivity index (χ3n) is 5.45. The molecule has 1 aliphatic rings. The van der Waals surface area contributed by atoms with Gasteiger partial charge in [-0.3, -0.25) is 9.36 Å². The van der Waals surface area contributed by atoms with E-state index in [9.17, 15) is 9.18 Å². The highest BCUT2D eigenvalue weighted by atomic mass is 35.5. The summed E-state index contributed by atoms with van der Waals surface area (Å²) < 4.78 is 15.1. The maximum atomic E-state index is 13.0. The van der Waals surface area contributed by atoms with Gasteiger partial charge in [0.25, 0.3) is 0 Å². The fourth-order valence-corrected chi connectivity index (χ4v) is 4.93. The molecule has 2 aromatic carbocycles. The minimum Gasteiger partial charge on any atom is -0.355 e. The molecule has 1 amide bonds. The van der Waals surface area contributed by atoms with E-state index in [4.69, 9.17) is 11.6 Å². The van der Waals surface area contributed by atoms with Crippen LogP contribution in [0, 0.1) is 5.82 Å². The summed E-state index contributed by atoms with van der Waals surface area (Å²) in [4.78, 5) is 12.4. The monoisotopic (exact) mass is 458 g/mol. The highest BCUT2D eigenvalue weighted by Crippen LogP contribution is 2.38. The van der Waals surface area contributed by atoms with Crippen molar-refractivity contribution in [2.24, 2.45) is 0 Å². The smallest absolute Gasteiger partial charge is 0.230 e. The van der Waals surface area contributed by atoms with Crippen LogP contribution < -0.4 is 5.32 Å². The Morgan fingerprint density at radius 3 is 2.61 bits per heavy atom. The zero-order chi connectivity index (χ0) is 21.6. The lowest BCUT2D eigenvalue weighted by atomic mass is 10.1. The third-order valence-corrected chi connectivity index (χ3v) is 6.72. The van der Waals surface area contributed by atoms with Gasteiger partial charge in [-0.25, -0.2) is 4.39 Å². The number of carbonyl (C=O) groups is 1. The molecule has 5 nitrogen and oxygen atoms in total. The lowest BCUT2D eigenvalue weighted by molar-refractivity contribution is -0.118. The van der Waals surface area contributed by atoms with Gasteiger partial charge in [0.05, 0.1) is 10.8 Å². The van der Waals surface area contributed by atoms with Gasteiger partial charge in [0.15, 0.2) is 11.0 Å². The summed E-state index contributed by atoms with van der Waals surface area (Å²) in [5, 5.41) is 13.1. The Labute approximate surface area is 190 Å². The maximum absolute atomic E-state index is 13.0. The molecule has 3 aromatic rings. The second-order valence-electron chi connectivity index (χ2n) is 7.61. The molecule has 0 aliphatic heterocycles. The Morgan fingerprint density at radius 1 is 1.13 bits per heavy atom. The van der Waals surface area contributed by atoms with Gasteiger partial charge in [0, 0.05) is 18.2 Å². The third kappa shape index (κ3) is 5.46. The first-order valence-electron chi connectivity index (χ1n) is 10.5. The Morgan fingerprint density at radius 2 is 1.87 bits per heavy atom. The summed E-state index contributed by atoms with van der Waals surface area (Å²) in [5.41, 5.74) is 1.85. The number of benzene rings is 2. The molecule has 31 heavy (non-hydrogen) atoms. The second-order valence-corrected chi connectivity index (χ2v) is 8.96. The normalized spacial score (nSPS) is 14.1. The zero-order valence-electron chi connectivity index (χ0n) is 17.1. The van der Waals surface area contributed by atoms with Crippen molar-refractivity contribution in [3.8, 4) is 11.4 Å². The van der Waals surface area contributed by atoms with Gasteiger partial charge < -0.3 is 5.32 Å². The van der Waals surface area contributed by atoms with Crippen LogP contribution in [0.25, 0.3) is 11.4 Å². The van der Waals surface area contributed by atoms with Crippen LogP contribution in [0.2, 0.25) is 5.02 Å².